The fourth-order valence-electron chi connectivity index (χ4n) is 2.93. The number of aliphatic hydroxyl groups is 1. The summed E-state index contributed by atoms with van der Waals surface area (Å²) in [7, 11) is -4.47. The van der Waals surface area contributed by atoms with Gasteiger partial charge < -0.3 is 5.11 Å². The molecule has 9 nitrogen and oxygen atoms in total. The maximum atomic E-state index is 11.8. The highest BCUT2D eigenvalue weighted by Crippen LogP contribution is 2.24. The van der Waals surface area contributed by atoms with Gasteiger partial charge in [0.05, 0.1) is 23.5 Å². The molecule has 0 atom stereocenters. The summed E-state index contributed by atoms with van der Waals surface area (Å²) in [5.74, 6) is 0.0916. The minimum atomic E-state index is -4.47. The molecule has 0 radical (unpaired) electrons. The summed E-state index contributed by atoms with van der Waals surface area (Å²) < 4.78 is 37.3. The Labute approximate surface area is 170 Å². The fourth-order valence-corrected chi connectivity index (χ4v) is 4.11. The number of tetrazole rings is 1. The molecule has 0 bridgehead atoms. The minimum Gasteiger partial charge on any atom is -0.392 e. The van der Waals surface area contributed by atoms with Gasteiger partial charge in [0.1, 0.15) is 4.90 Å². The van der Waals surface area contributed by atoms with Gasteiger partial charge in [-0.3, -0.25) is 4.55 Å². The van der Waals surface area contributed by atoms with Gasteiger partial charge in [-0.1, -0.05) is 23.8 Å². The molecule has 11 heteroatoms. The maximum Gasteiger partial charge on any atom is 0.341 e. The third-order valence-electron chi connectivity index (χ3n) is 4.24. The predicted octanol–water partition coefficient (Wildman–Crippen LogP) is 1.71. The SMILES string of the molecule is Cc1ccc(-[n+]2nc(-c3ccccc3S(=O)(=O)O)nn2-c2cnsc2)c(CO)c1. The molecule has 0 fully saturated rings. The Balaban J connectivity index is 1.99. The second-order valence-corrected chi connectivity index (χ2v) is 8.29. The second kappa shape index (κ2) is 7.44. The third kappa shape index (κ3) is 3.68. The van der Waals surface area contributed by atoms with Crippen LogP contribution in [-0.4, -0.2) is 37.4 Å². The molecule has 0 aliphatic heterocycles. The fraction of sp³-hybridized carbons (Fsp3) is 0.111. The Kier molecular flexibility index (Phi) is 4.96. The summed E-state index contributed by atoms with van der Waals surface area (Å²) in [5, 5.41) is 20.5. The number of nitrogens with zero attached hydrogens (tertiary/aromatic N) is 5. The number of hydrogen-bond acceptors (Lipinski definition) is 7. The van der Waals surface area contributed by atoms with E-state index in [0.29, 0.717) is 16.9 Å². The lowest BCUT2D eigenvalue weighted by Crippen LogP contribution is -2.44. The lowest BCUT2D eigenvalue weighted by Gasteiger charge is -2.04. The summed E-state index contributed by atoms with van der Waals surface area (Å²) in [4.78, 5) is 2.63. The lowest BCUT2D eigenvalue weighted by atomic mass is 10.1. The van der Waals surface area contributed by atoms with Crippen LogP contribution in [0.2, 0.25) is 0 Å². The van der Waals surface area contributed by atoms with Crippen molar-refractivity contribution in [2.75, 3.05) is 0 Å². The van der Waals surface area contributed by atoms with Gasteiger partial charge in [0.25, 0.3) is 10.1 Å². The molecule has 29 heavy (non-hydrogen) atoms. The van der Waals surface area contributed by atoms with Crippen LogP contribution in [-0.2, 0) is 16.7 Å². The van der Waals surface area contributed by atoms with Crippen LogP contribution in [0.1, 0.15) is 11.1 Å². The molecule has 0 saturated carbocycles. The smallest absolute Gasteiger partial charge is 0.341 e. The summed E-state index contributed by atoms with van der Waals surface area (Å²) in [6.07, 6.45) is 1.60. The molecule has 0 aliphatic carbocycles. The van der Waals surface area contributed by atoms with Crippen molar-refractivity contribution in [3.8, 4) is 22.8 Å². The molecule has 0 amide bonds. The van der Waals surface area contributed by atoms with Crippen molar-refractivity contribution in [1.82, 2.24) is 19.4 Å². The Bertz CT molecular complexity index is 1280. The van der Waals surface area contributed by atoms with E-state index in [1.807, 2.05) is 19.1 Å². The molecular weight excluding hydrogens is 414 g/mol. The zero-order valence-electron chi connectivity index (χ0n) is 15.2. The Hall–Kier alpha value is -2.99. The van der Waals surface area contributed by atoms with Crippen molar-refractivity contribution < 1.29 is 22.9 Å². The molecule has 4 aromatic rings. The van der Waals surface area contributed by atoms with Crippen molar-refractivity contribution in [3.63, 3.8) is 0 Å². The van der Waals surface area contributed by atoms with Crippen molar-refractivity contribution in [2.45, 2.75) is 18.4 Å². The van der Waals surface area contributed by atoms with Gasteiger partial charge in [-0.15, -0.1) is 0 Å². The predicted molar refractivity (Wildman–Crippen MR) is 104 cm³/mol. The van der Waals surface area contributed by atoms with Gasteiger partial charge in [-0.2, -0.15) is 12.8 Å². The molecule has 0 unspecified atom stereocenters. The van der Waals surface area contributed by atoms with E-state index in [2.05, 4.69) is 14.6 Å². The van der Waals surface area contributed by atoms with Crippen LogP contribution in [0.5, 0.6) is 0 Å². The number of hydrogen-bond donors (Lipinski definition) is 2. The monoisotopic (exact) mass is 430 g/mol. The van der Waals surface area contributed by atoms with Gasteiger partial charge in [0.15, 0.2) is 11.4 Å². The molecule has 2 aromatic carbocycles. The van der Waals surface area contributed by atoms with Gasteiger partial charge in [-0.25, -0.2) is 0 Å². The Morgan fingerprint density at radius 1 is 1.21 bits per heavy atom. The van der Waals surface area contributed by atoms with Gasteiger partial charge >= 0.3 is 5.82 Å². The zero-order chi connectivity index (χ0) is 20.6. The van der Waals surface area contributed by atoms with E-state index in [4.69, 9.17) is 0 Å². The first-order valence-corrected chi connectivity index (χ1v) is 10.7. The lowest BCUT2D eigenvalue weighted by molar-refractivity contribution is -0.735. The van der Waals surface area contributed by atoms with E-state index in [1.165, 1.54) is 39.3 Å². The van der Waals surface area contributed by atoms with Crippen LogP contribution in [0.25, 0.3) is 22.8 Å². The highest BCUT2D eigenvalue weighted by atomic mass is 32.2. The van der Waals surface area contributed by atoms with E-state index in [1.54, 1.807) is 23.7 Å². The molecule has 0 aliphatic rings. The first-order chi connectivity index (χ1) is 13.9. The van der Waals surface area contributed by atoms with Gasteiger partial charge in [-0.05, 0) is 52.6 Å². The number of rotatable bonds is 5. The van der Waals surface area contributed by atoms with Crippen molar-refractivity contribution >= 4 is 21.7 Å². The molecule has 2 heterocycles. The standard InChI is InChI=1S/C18H15N5O4S2/c1-12-6-7-16(13(8-12)10-24)23-21-18(20-22(23)14-9-19-28-11-14)15-4-2-3-5-17(15)29(25,26)27/h2-9,11,24H,10H2,1H3/p+1. The number of aliphatic hydroxyl groups excluding tert-OH is 1. The quantitative estimate of drug-likeness (QED) is 0.365. The van der Waals surface area contributed by atoms with E-state index in [-0.39, 0.29) is 22.9 Å². The third-order valence-corrected chi connectivity index (χ3v) is 5.72. The van der Waals surface area contributed by atoms with Crippen LogP contribution in [0.4, 0.5) is 0 Å². The average molecular weight is 430 g/mol. The summed E-state index contributed by atoms with van der Waals surface area (Å²) in [5.41, 5.74) is 2.94. The topological polar surface area (TPSA) is 122 Å². The minimum absolute atomic E-state index is 0.0916. The first-order valence-electron chi connectivity index (χ1n) is 8.45. The largest absolute Gasteiger partial charge is 0.392 e. The maximum absolute atomic E-state index is 11.8. The Morgan fingerprint density at radius 2 is 2.00 bits per heavy atom. The highest BCUT2D eigenvalue weighted by Gasteiger charge is 2.29. The zero-order valence-corrected chi connectivity index (χ0v) is 16.8. The molecule has 4 rings (SSSR count). The van der Waals surface area contributed by atoms with Crippen LogP contribution < -0.4 is 4.80 Å². The molecule has 148 valence electrons. The van der Waals surface area contributed by atoms with Crippen molar-refractivity contribution in [3.05, 3.63) is 65.2 Å². The normalized spacial score (nSPS) is 11.7. The average Bonchev–Trinajstić information content (AvgIpc) is 3.37. The molecule has 0 saturated heterocycles. The Morgan fingerprint density at radius 3 is 2.69 bits per heavy atom. The van der Waals surface area contributed by atoms with Gasteiger partial charge in [0.2, 0.25) is 0 Å². The number of aryl methyl sites for hydroxylation is 1. The van der Waals surface area contributed by atoms with E-state index in [0.717, 1.165) is 5.56 Å². The van der Waals surface area contributed by atoms with Crippen LogP contribution in [0.3, 0.4) is 0 Å². The second-order valence-electron chi connectivity index (χ2n) is 6.25. The van der Waals surface area contributed by atoms with E-state index >= 15 is 0 Å². The molecule has 0 spiro atoms. The van der Waals surface area contributed by atoms with Gasteiger partial charge in [0, 0.05) is 15.7 Å². The molecular formula is C18H16N5O4S2+. The van der Waals surface area contributed by atoms with E-state index in [9.17, 15) is 18.1 Å². The summed E-state index contributed by atoms with van der Waals surface area (Å²) in [6, 6.07) is 11.4. The highest BCUT2D eigenvalue weighted by molar-refractivity contribution is 7.86. The van der Waals surface area contributed by atoms with Crippen LogP contribution >= 0.6 is 11.5 Å². The molecule has 2 N–H and O–H groups in total. The molecule has 2 aromatic heterocycles. The van der Waals surface area contributed by atoms with E-state index < -0.39 is 10.1 Å². The van der Waals surface area contributed by atoms with Crippen LogP contribution in [0.15, 0.2) is 58.9 Å². The van der Waals surface area contributed by atoms with Crippen molar-refractivity contribution in [2.24, 2.45) is 0 Å². The first kappa shape index (κ1) is 19.3. The summed E-state index contributed by atoms with van der Waals surface area (Å²) >= 11 is 1.23. The number of benzene rings is 2. The summed E-state index contributed by atoms with van der Waals surface area (Å²) in [6.45, 7) is 1.70. The van der Waals surface area contributed by atoms with Crippen molar-refractivity contribution in [1.29, 1.82) is 0 Å². The van der Waals surface area contributed by atoms with Crippen LogP contribution in [0, 0.1) is 6.92 Å². The number of aromatic nitrogens is 5.